The van der Waals surface area contributed by atoms with E-state index in [9.17, 15) is 4.79 Å². The zero-order valence-electron chi connectivity index (χ0n) is 11.2. The Morgan fingerprint density at radius 3 is 2.84 bits per heavy atom. The SMILES string of the molecule is CCCc1nc2ccccc2n1CCC(N)C(N)=O. The second-order valence-corrected chi connectivity index (χ2v) is 4.72. The van der Waals surface area contributed by atoms with E-state index in [1.54, 1.807) is 0 Å². The number of carbonyl (C=O) groups is 1. The second kappa shape index (κ2) is 5.84. The van der Waals surface area contributed by atoms with Crippen LogP contribution in [0.5, 0.6) is 0 Å². The van der Waals surface area contributed by atoms with Crippen molar-refractivity contribution in [1.29, 1.82) is 0 Å². The molecule has 0 aliphatic heterocycles. The number of amides is 1. The van der Waals surface area contributed by atoms with Gasteiger partial charge in [0.25, 0.3) is 0 Å². The summed E-state index contributed by atoms with van der Waals surface area (Å²) in [5.74, 6) is 0.585. The lowest BCUT2D eigenvalue weighted by molar-refractivity contribution is -0.119. The van der Waals surface area contributed by atoms with Crippen LogP contribution in [0.2, 0.25) is 0 Å². The van der Waals surface area contributed by atoms with Gasteiger partial charge >= 0.3 is 0 Å². The van der Waals surface area contributed by atoms with E-state index in [1.807, 2.05) is 24.3 Å². The molecule has 1 unspecified atom stereocenters. The van der Waals surface area contributed by atoms with Gasteiger partial charge < -0.3 is 16.0 Å². The van der Waals surface area contributed by atoms with Gasteiger partial charge in [0.15, 0.2) is 0 Å². The van der Waals surface area contributed by atoms with Crippen LogP contribution in [-0.2, 0) is 17.8 Å². The van der Waals surface area contributed by atoms with E-state index in [1.165, 1.54) is 0 Å². The molecule has 0 bridgehead atoms. The highest BCUT2D eigenvalue weighted by Gasteiger charge is 2.13. The summed E-state index contributed by atoms with van der Waals surface area (Å²) < 4.78 is 2.14. The number of para-hydroxylation sites is 2. The predicted molar refractivity (Wildman–Crippen MR) is 75.5 cm³/mol. The second-order valence-electron chi connectivity index (χ2n) is 4.72. The molecular weight excluding hydrogens is 240 g/mol. The van der Waals surface area contributed by atoms with E-state index in [4.69, 9.17) is 11.5 Å². The normalized spacial score (nSPS) is 12.7. The maximum atomic E-state index is 11.0. The monoisotopic (exact) mass is 260 g/mol. The highest BCUT2D eigenvalue weighted by Crippen LogP contribution is 2.17. The lowest BCUT2D eigenvalue weighted by atomic mass is 10.2. The topological polar surface area (TPSA) is 86.9 Å². The molecule has 5 nitrogen and oxygen atoms in total. The van der Waals surface area contributed by atoms with Crippen LogP contribution >= 0.6 is 0 Å². The Labute approximate surface area is 112 Å². The Kier molecular flexibility index (Phi) is 4.16. The number of aromatic nitrogens is 2. The molecule has 1 heterocycles. The molecule has 5 heteroatoms. The highest BCUT2D eigenvalue weighted by atomic mass is 16.1. The lowest BCUT2D eigenvalue weighted by Gasteiger charge is -2.11. The smallest absolute Gasteiger partial charge is 0.234 e. The number of fused-ring (bicyclic) bond motifs is 1. The summed E-state index contributed by atoms with van der Waals surface area (Å²) in [5.41, 5.74) is 13.0. The van der Waals surface area contributed by atoms with E-state index in [0.717, 1.165) is 29.7 Å². The van der Waals surface area contributed by atoms with E-state index in [0.29, 0.717) is 13.0 Å². The number of hydrogen-bond acceptors (Lipinski definition) is 3. The Hall–Kier alpha value is -1.88. The van der Waals surface area contributed by atoms with Crippen molar-refractivity contribution in [2.75, 3.05) is 0 Å². The van der Waals surface area contributed by atoms with Crippen molar-refractivity contribution in [2.24, 2.45) is 11.5 Å². The first kappa shape index (κ1) is 13.5. The fourth-order valence-corrected chi connectivity index (χ4v) is 2.20. The maximum Gasteiger partial charge on any atom is 0.234 e. The summed E-state index contributed by atoms with van der Waals surface area (Å²) >= 11 is 0. The quantitative estimate of drug-likeness (QED) is 0.818. The summed E-state index contributed by atoms with van der Waals surface area (Å²) in [7, 11) is 0. The first-order valence-corrected chi connectivity index (χ1v) is 6.62. The van der Waals surface area contributed by atoms with Crippen LogP contribution in [0, 0.1) is 0 Å². The molecule has 0 aliphatic carbocycles. The van der Waals surface area contributed by atoms with Crippen LogP contribution in [-0.4, -0.2) is 21.5 Å². The molecule has 1 atom stereocenters. The zero-order chi connectivity index (χ0) is 13.8. The van der Waals surface area contributed by atoms with Crippen molar-refractivity contribution in [1.82, 2.24) is 9.55 Å². The van der Waals surface area contributed by atoms with Crippen molar-refractivity contribution < 1.29 is 4.79 Å². The predicted octanol–water partition coefficient (Wildman–Crippen LogP) is 1.19. The average Bonchev–Trinajstić information content (AvgIpc) is 2.74. The molecule has 2 aromatic rings. The molecule has 0 aliphatic rings. The third kappa shape index (κ3) is 2.93. The molecule has 0 spiro atoms. The van der Waals surface area contributed by atoms with Gasteiger partial charge in [-0.3, -0.25) is 4.79 Å². The number of hydrogen-bond donors (Lipinski definition) is 2. The van der Waals surface area contributed by atoms with E-state index >= 15 is 0 Å². The number of carbonyl (C=O) groups excluding carboxylic acids is 1. The summed E-state index contributed by atoms with van der Waals surface area (Å²) in [6, 6.07) is 7.40. The number of nitrogens with two attached hydrogens (primary N) is 2. The molecule has 19 heavy (non-hydrogen) atoms. The third-order valence-corrected chi connectivity index (χ3v) is 3.24. The Bertz CT molecular complexity index is 576. The van der Waals surface area contributed by atoms with Crippen molar-refractivity contribution in [3.8, 4) is 0 Å². The van der Waals surface area contributed by atoms with Crippen LogP contribution in [0.25, 0.3) is 11.0 Å². The number of primary amides is 1. The minimum atomic E-state index is -0.601. The van der Waals surface area contributed by atoms with E-state index in [2.05, 4.69) is 16.5 Å². The first-order chi connectivity index (χ1) is 9.13. The minimum absolute atomic E-state index is 0.457. The van der Waals surface area contributed by atoms with Gasteiger partial charge in [-0.25, -0.2) is 4.98 Å². The Morgan fingerprint density at radius 1 is 1.42 bits per heavy atom. The maximum absolute atomic E-state index is 11.0. The lowest BCUT2D eigenvalue weighted by Crippen LogP contribution is -2.37. The van der Waals surface area contributed by atoms with Crippen molar-refractivity contribution >= 4 is 16.9 Å². The van der Waals surface area contributed by atoms with E-state index < -0.39 is 11.9 Å². The molecule has 0 fully saturated rings. The van der Waals surface area contributed by atoms with Crippen LogP contribution in [0.3, 0.4) is 0 Å². The van der Waals surface area contributed by atoms with Crippen molar-refractivity contribution in [3.63, 3.8) is 0 Å². The fourth-order valence-electron chi connectivity index (χ4n) is 2.20. The molecule has 0 saturated heterocycles. The molecule has 0 saturated carbocycles. The van der Waals surface area contributed by atoms with Crippen molar-refractivity contribution in [2.45, 2.75) is 38.8 Å². The molecule has 1 amide bonds. The zero-order valence-corrected chi connectivity index (χ0v) is 11.2. The van der Waals surface area contributed by atoms with Crippen molar-refractivity contribution in [3.05, 3.63) is 30.1 Å². The van der Waals surface area contributed by atoms with Crippen LogP contribution in [0.15, 0.2) is 24.3 Å². The van der Waals surface area contributed by atoms with Gasteiger partial charge in [0, 0.05) is 13.0 Å². The molecule has 102 valence electrons. The third-order valence-electron chi connectivity index (χ3n) is 3.24. The summed E-state index contributed by atoms with van der Waals surface area (Å²) in [4.78, 5) is 15.6. The van der Waals surface area contributed by atoms with Gasteiger partial charge in [0.1, 0.15) is 5.82 Å². The molecular formula is C14H20N4O. The summed E-state index contributed by atoms with van der Waals surface area (Å²) in [6.07, 6.45) is 2.48. The fraction of sp³-hybridized carbons (Fsp3) is 0.429. The largest absolute Gasteiger partial charge is 0.368 e. The standard InChI is InChI=1S/C14H20N4O/c1-2-5-13-17-11-6-3-4-7-12(11)18(13)9-8-10(15)14(16)19/h3-4,6-7,10H,2,5,8-9,15H2,1H3,(H2,16,19). The minimum Gasteiger partial charge on any atom is -0.368 e. The molecule has 2 rings (SSSR count). The van der Waals surface area contributed by atoms with Gasteiger partial charge in [-0.15, -0.1) is 0 Å². The van der Waals surface area contributed by atoms with Gasteiger partial charge in [-0.2, -0.15) is 0 Å². The van der Waals surface area contributed by atoms with Gasteiger partial charge in [0.2, 0.25) is 5.91 Å². The number of nitrogens with zero attached hydrogens (tertiary/aromatic N) is 2. The average molecular weight is 260 g/mol. The number of imidazole rings is 1. The van der Waals surface area contributed by atoms with Crippen LogP contribution in [0.1, 0.15) is 25.6 Å². The van der Waals surface area contributed by atoms with Crippen LogP contribution in [0.4, 0.5) is 0 Å². The summed E-state index contributed by atoms with van der Waals surface area (Å²) in [6.45, 7) is 2.79. The number of benzene rings is 1. The van der Waals surface area contributed by atoms with Crippen LogP contribution < -0.4 is 11.5 Å². The molecule has 0 radical (unpaired) electrons. The summed E-state index contributed by atoms with van der Waals surface area (Å²) in [5, 5.41) is 0. The van der Waals surface area contributed by atoms with Gasteiger partial charge in [-0.1, -0.05) is 19.1 Å². The molecule has 4 N–H and O–H groups in total. The van der Waals surface area contributed by atoms with Gasteiger partial charge in [0.05, 0.1) is 17.1 Å². The van der Waals surface area contributed by atoms with Gasteiger partial charge in [-0.05, 0) is 25.0 Å². The van der Waals surface area contributed by atoms with E-state index in [-0.39, 0.29) is 0 Å². The molecule has 1 aromatic heterocycles. The molecule has 1 aromatic carbocycles. The highest BCUT2D eigenvalue weighted by molar-refractivity contribution is 5.79. The Balaban J connectivity index is 2.28. The first-order valence-electron chi connectivity index (χ1n) is 6.62. The Morgan fingerprint density at radius 2 is 2.16 bits per heavy atom. The number of rotatable bonds is 6. The number of aryl methyl sites for hydroxylation is 2.